The number of pyridine rings is 1. The standard InChI is InChI=1S/C21H25N3O/c1-13-2-7-19-17(10-13)18(11-20(23-19)14-3-4-14)21(25)24-15-5-6-16(24)12-22-9-8-15/h2,7,10-11,14-16,22H,3-6,8-9,12H2,1H3. The van der Waals surface area contributed by atoms with Crippen LogP contribution in [0, 0.1) is 6.92 Å². The normalized spacial score (nSPS) is 26.0. The summed E-state index contributed by atoms with van der Waals surface area (Å²) in [7, 11) is 0. The van der Waals surface area contributed by atoms with Gasteiger partial charge in [0.1, 0.15) is 0 Å². The largest absolute Gasteiger partial charge is 0.331 e. The molecular weight excluding hydrogens is 310 g/mol. The van der Waals surface area contributed by atoms with Crippen molar-refractivity contribution in [3.05, 3.63) is 41.1 Å². The molecule has 1 N–H and O–H groups in total. The summed E-state index contributed by atoms with van der Waals surface area (Å²) in [4.78, 5) is 20.6. The smallest absolute Gasteiger partial charge is 0.255 e. The summed E-state index contributed by atoms with van der Waals surface area (Å²) in [6.07, 6.45) is 5.75. The van der Waals surface area contributed by atoms with Crippen LogP contribution in [0.3, 0.4) is 0 Å². The fraction of sp³-hybridized carbons (Fsp3) is 0.524. The quantitative estimate of drug-likeness (QED) is 0.915. The maximum absolute atomic E-state index is 13.6. The molecule has 2 saturated heterocycles. The van der Waals surface area contributed by atoms with Crippen LogP contribution < -0.4 is 5.32 Å². The van der Waals surface area contributed by atoms with Crippen molar-refractivity contribution in [2.45, 2.75) is 57.0 Å². The number of fused-ring (bicyclic) bond motifs is 3. The van der Waals surface area contributed by atoms with Gasteiger partial charge in [-0.2, -0.15) is 0 Å². The number of aryl methyl sites for hydroxylation is 1. The van der Waals surface area contributed by atoms with Crippen LogP contribution in [0.5, 0.6) is 0 Å². The molecule has 1 aromatic carbocycles. The molecule has 2 aliphatic heterocycles. The summed E-state index contributed by atoms with van der Waals surface area (Å²) < 4.78 is 0. The molecule has 2 aromatic rings. The Bertz CT molecular complexity index is 828. The SMILES string of the molecule is Cc1ccc2nc(C3CC3)cc(C(=O)N3C4CCNCC3CC4)c2c1. The molecule has 3 heterocycles. The number of aromatic nitrogens is 1. The first-order valence-corrected chi connectivity index (χ1v) is 9.65. The van der Waals surface area contributed by atoms with Crippen molar-refractivity contribution in [3.8, 4) is 0 Å². The van der Waals surface area contributed by atoms with Crippen molar-refractivity contribution >= 4 is 16.8 Å². The third-order valence-electron chi connectivity index (χ3n) is 6.10. The lowest BCUT2D eigenvalue weighted by Crippen LogP contribution is -2.42. The first kappa shape index (κ1) is 15.3. The average molecular weight is 335 g/mol. The third-order valence-corrected chi connectivity index (χ3v) is 6.10. The molecule has 0 spiro atoms. The zero-order valence-electron chi connectivity index (χ0n) is 14.8. The van der Waals surface area contributed by atoms with E-state index in [-0.39, 0.29) is 5.91 Å². The molecule has 1 aromatic heterocycles. The second-order valence-electron chi connectivity index (χ2n) is 7.98. The van der Waals surface area contributed by atoms with E-state index >= 15 is 0 Å². The van der Waals surface area contributed by atoms with Gasteiger partial charge < -0.3 is 10.2 Å². The molecule has 2 bridgehead atoms. The number of amides is 1. The van der Waals surface area contributed by atoms with Crippen LogP contribution in [0.25, 0.3) is 10.9 Å². The number of nitrogens with one attached hydrogen (secondary N) is 1. The van der Waals surface area contributed by atoms with E-state index in [1.807, 2.05) is 0 Å². The Kier molecular flexibility index (Phi) is 3.56. The topological polar surface area (TPSA) is 45.2 Å². The molecule has 25 heavy (non-hydrogen) atoms. The van der Waals surface area contributed by atoms with E-state index in [4.69, 9.17) is 4.98 Å². The molecule has 1 amide bonds. The minimum atomic E-state index is 0.219. The van der Waals surface area contributed by atoms with Gasteiger partial charge in [0, 0.05) is 35.6 Å². The van der Waals surface area contributed by atoms with Crippen LogP contribution in [-0.2, 0) is 0 Å². The highest BCUT2D eigenvalue weighted by molar-refractivity contribution is 6.06. The molecule has 130 valence electrons. The summed E-state index contributed by atoms with van der Waals surface area (Å²) >= 11 is 0. The van der Waals surface area contributed by atoms with Crippen molar-refractivity contribution in [2.24, 2.45) is 0 Å². The summed E-state index contributed by atoms with van der Waals surface area (Å²) in [5.41, 5.74) is 4.14. The second-order valence-corrected chi connectivity index (χ2v) is 7.98. The maximum Gasteiger partial charge on any atom is 0.255 e. The summed E-state index contributed by atoms with van der Waals surface area (Å²) in [5, 5.41) is 4.51. The number of benzene rings is 1. The Morgan fingerprint density at radius 3 is 2.80 bits per heavy atom. The van der Waals surface area contributed by atoms with Crippen LogP contribution in [0.15, 0.2) is 24.3 Å². The average Bonchev–Trinajstić information content (AvgIpc) is 3.38. The van der Waals surface area contributed by atoms with Crippen molar-refractivity contribution < 1.29 is 4.79 Å². The molecule has 1 saturated carbocycles. The van der Waals surface area contributed by atoms with Crippen LogP contribution in [0.2, 0.25) is 0 Å². The lowest BCUT2D eigenvalue weighted by molar-refractivity contribution is 0.0682. The van der Waals surface area contributed by atoms with Crippen molar-refractivity contribution in [1.82, 2.24) is 15.2 Å². The fourth-order valence-electron chi connectivity index (χ4n) is 4.58. The van der Waals surface area contributed by atoms with Gasteiger partial charge in [-0.25, -0.2) is 0 Å². The second kappa shape index (κ2) is 5.80. The van der Waals surface area contributed by atoms with E-state index in [2.05, 4.69) is 41.4 Å². The molecule has 3 fully saturated rings. The molecule has 3 aliphatic rings. The first-order valence-electron chi connectivity index (χ1n) is 9.65. The molecule has 4 nitrogen and oxygen atoms in total. The lowest BCUT2D eigenvalue weighted by atomic mass is 10.0. The van der Waals surface area contributed by atoms with Gasteiger partial charge in [-0.3, -0.25) is 9.78 Å². The van der Waals surface area contributed by atoms with Gasteiger partial charge in [0.15, 0.2) is 0 Å². The van der Waals surface area contributed by atoms with E-state index in [1.165, 1.54) is 18.4 Å². The highest BCUT2D eigenvalue weighted by atomic mass is 16.2. The molecule has 2 unspecified atom stereocenters. The number of carbonyl (C=O) groups is 1. The number of hydrogen-bond donors (Lipinski definition) is 1. The van der Waals surface area contributed by atoms with Crippen LogP contribution in [-0.4, -0.2) is 41.0 Å². The van der Waals surface area contributed by atoms with E-state index in [0.29, 0.717) is 18.0 Å². The van der Waals surface area contributed by atoms with E-state index < -0.39 is 0 Å². The summed E-state index contributed by atoms with van der Waals surface area (Å²) in [6.45, 7) is 4.04. The van der Waals surface area contributed by atoms with E-state index in [1.54, 1.807) is 0 Å². The van der Waals surface area contributed by atoms with Gasteiger partial charge in [0.05, 0.1) is 11.1 Å². The number of rotatable bonds is 2. The van der Waals surface area contributed by atoms with Gasteiger partial charge >= 0.3 is 0 Å². The molecule has 5 rings (SSSR count). The highest BCUT2D eigenvalue weighted by Crippen LogP contribution is 2.41. The van der Waals surface area contributed by atoms with Gasteiger partial charge in [-0.05, 0) is 63.8 Å². The third kappa shape index (κ3) is 2.63. The first-order chi connectivity index (χ1) is 12.2. The fourth-order valence-corrected chi connectivity index (χ4v) is 4.58. The Hall–Kier alpha value is -1.94. The minimum Gasteiger partial charge on any atom is -0.331 e. The van der Waals surface area contributed by atoms with Crippen LogP contribution in [0.4, 0.5) is 0 Å². The van der Waals surface area contributed by atoms with E-state index in [0.717, 1.165) is 54.5 Å². The van der Waals surface area contributed by atoms with Crippen LogP contribution in [0.1, 0.15) is 59.6 Å². The zero-order valence-corrected chi connectivity index (χ0v) is 14.8. The molecular formula is C21H25N3O. The van der Waals surface area contributed by atoms with Gasteiger partial charge in [0.2, 0.25) is 0 Å². The summed E-state index contributed by atoms with van der Waals surface area (Å²) in [5.74, 6) is 0.774. The Morgan fingerprint density at radius 2 is 1.96 bits per heavy atom. The van der Waals surface area contributed by atoms with Crippen molar-refractivity contribution in [2.75, 3.05) is 13.1 Å². The molecule has 4 heteroatoms. The zero-order chi connectivity index (χ0) is 17.0. The van der Waals surface area contributed by atoms with Crippen molar-refractivity contribution in [3.63, 3.8) is 0 Å². The minimum absolute atomic E-state index is 0.219. The Balaban J connectivity index is 1.63. The van der Waals surface area contributed by atoms with E-state index in [9.17, 15) is 4.79 Å². The predicted molar refractivity (Wildman–Crippen MR) is 98.9 cm³/mol. The van der Waals surface area contributed by atoms with Gasteiger partial charge in [-0.15, -0.1) is 0 Å². The summed E-state index contributed by atoms with van der Waals surface area (Å²) in [6, 6.07) is 9.14. The Labute approximate surface area is 148 Å². The lowest BCUT2D eigenvalue weighted by Gasteiger charge is -2.28. The number of carbonyl (C=O) groups excluding carboxylic acids is 1. The molecule has 0 radical (unpaired) electrons. The van der Waals surface area contributed by atoms with Gasteiger partial charge in [-0.1, -0.05) is 11.6 Å². The van der Waals surface area contributed by atoms with Gasteiger partial charge in [0.25, 0.3) is 5.91 Å². The number of nitrogens with zero attached hydrogens (tertiary/aromatic N) is 2. The van der Waals surface area contributed by atoms with Crippen LogP contribution >= 0.6 is 0 Å². The Morgan fingerprint density at radius 1 is 1.12 bits per heavy atom. The molecule has 2 atom stereocenters. The predicted octanol–water partition coefficient (Wildman–Crippen LogP) is 3.39. The van der Waals surface area contributed by atoms with Crippen molar-refractivity contribution in [1.29, 1.82) is 0 Å². The maximum atomic E-state index is 13.6. The monoisotopic (exact) mass is 335 g/mol. The number of hydrogen-bond acceptors (Lipinski definition) is 3. The molecule has 1 aliphatic carbocycles. The highest BCUT2D eigenvalue weighted by Gasteiger charge is 2.39.